The number of rotatable bonds is 7. The largest absolute Gasteiger partial charge is 0.483 e. The Kier molecular flexibility index (Phi) is 30.6. The smallest absolute Gasteiger partial charge is 0.290 e. The molecular formula is C12H29N3O2. The van der Waals surface area contributed by atoms with Crippen LogP contribution in [0.4, 0.5) is 0 Å². The minimum atomic E-state index is -0.250. The van der Waals surface area contributed by atoms with Crippen molar-refractivity contribution in [1.82, 2.24) is 0 Å². The molecule has 0 aromatic rings. The predicted molar refractivity (Wildman–Crippen MR) is 73.6 cm³/mol. The van der Waals surface area contributed by atoms with Gasteiger partial charge in [-0.15, -0.1) is 0 Å². The van der Waals surface area contributed by atoms with Crippen LogP contribution in [0.1, 0.15) is 52.4 Å². The van der Waals surface area contributed by atoms with Gasteiger partial charge in [0.2, 0.25) is 0 Å². The van der Waals surface area contributed by atoms with Gasteiger partial charge in [-0.05, 0) is 13.3 Å². The summed E-state index contributed by atoms with van der Waals surface area (Å²) in [6.45, 7) is 4.44. The monoisotopic (exact) mass is 247 g/mol. The Labute approximate surface area is 105 Å². The zero-order valence-corrected chi connectivity index (χ0v) is 11.2. The average molecular weight is 247 g/mol. The van der Waals surface area contributed by atoms with Crippen molar-refractivity contribution in [3.63, 3.8) is 0 Å². The van der Waals surface area contributed by atoms with Crippen molar-refractivity contribution < 1.29 is 9.90 Å². The normalized spacial score (nSPS) is 10.1. The summed E-state index contributed by atoms with van der Waals surface area (Å²) >= 11 is 0. The highest BCUT2D eigenvalue weighted by Gasteiger charge is 1.92. The van der Waals surface area contributed by atoms with E-state index in [1.54, 1.807) is 0 Å². The third-order valence-corrected chi connectivity index (χ3v) is 1.88. The van der Waals surface area contributed by atoms with Crippen molar-refractivity contribution in [2.75, 3.05) is 6.54 Å². The molecule has 5 nitrogen and oxygen atoms in total. The number of unbranched alkanes of at least 4 members (excludes halogenated alkanes) is 4. The van der Waals surface area contributed by atoms with Gasteiger partial charge in [-0.2, -0.15) is 0 Å². The number of carbonyl (C=O) groups is 1. The van der Waals surface area contributed by atoms with Crippen molar-refractivity contribution in [3.05, 3.63) is 0 Å². The minimum Gasteiger partial charge on any atom is -0.483 e. The van der Waals surface area contributed by atoms with E-state index in [1.807, 2.05) is 0 Å². The molecule has 1 atom stereocenters. The Hall–Kier alpha value is -0.940. The van der Waals surface area contributed by atoms with Gasteiger partial charge >= 0.3 is 0 Å². The van der Waals surface area contributed by atoms with Crippen LogP contribution in [0, 0.1) is 5.41 Å². The second kappa shape index (κ2) is 24.3. The molecule has 0 aliphatic carbocycles. The molecule has 0 heterocycles. The Bertz CT molecular complexity index is 142. The van der Waals surface area contributed by atoms with Gasteiger partial charge in [0.05, 0.1) is 0 Å². The Morgan fingerprint density at radius 1 is 1.29 bits per heavy atom. The van der Waals surface area contributed by atoms with Gasteiger partial charge in [0.25, 0.3) is 6.47 Å². The molecule has 0 radical (unpaired) electrons. The number of hydrogen-bond acceptors (Lipinski definition) is 4. The van der Waals surface area contributed by atoms with Gasteiger partial charge in [0, 0.05) is 18.8 Å². The van der Waals surface area contributed by atoms with Gasteiger partial charge in [0.15, 0.2) is 0 Å². The summed E-state index contributed by atoms with van der Waals surface area (Å²) in [5.74, 6) is 0. The van der Waals surface area contributed by atoms with E-state index in [0.29, 0.717) is 12.6 Å². The molecule has 1 unspecified atom stereocenters. The van der Waals surface area contributed by atoms with Crippen LogP contribution < -0.4 is 11.5 Å². The molecule has 0 spiro atoms. The van der Waals surface area contributed by atoms with E-state index in [0.717, 1.165) is 6.21 Å². The van der Waals surface area contributed by atoms with E-state index >= 15 is 0 Å². The maximum absolute atomic E-state index is 8.36. The van der Waals surface area contributed by atoms with Crippen molar-refractivity contribution in [1.29, 1.82) is 5.41 Å². The summed E-state index contributed by atoms with van der Waals surface area (Å²) in [7, 11) is 0. The highest BCUT2D eigenvalue weighted by Crippen LogP contribution is 2.05. The standard InChI is InChI=1S/C9H21N.C2H6N2.CH2O2/c1-3-4-5-6-7-8-9(2)10;3-1-2-4;2-1-3/h9H,3-8,10H2,1-2H3;1,3H,2,4H2;1H,(H,2,3). The molecule has 0 amide bonds. The Balaban J connectivity index is -0.000000232. The number of carboxylic acid groups (broad SMARTS) is 1. The first kappa shape index (κ1) is 21.4. The third kappa shape index (κ3) is 51.5. The predicted octanol–water partition coefficient (Wildman–Crippen LogP) is 1.99. The number of nitrogens with one attached hydrogen (secondary N) is 1. The average Bonchev–Trinajstić information content (AvgIpc) is 2.30. The molecule has 0 fully saturated rings. The second-order valence-electron chi connectivity index (χ2n) is 3.73. The molecule has 104 valence electrons. The van der Waals surface area contributed by atoms with Crippen LogP contribution in [0.5, 0.6) is 0 Å². The summed E-state index contributed by atoms with van der Waals surface area (Å²) in [5, 5.41) is 13.1. The lowest BCUT2D eigenvalue weighted by molar-refractivity contribution is -0.122. The highest BCUT2D eigenvalue weighted by atomic mass is 16.3. The number of hydrogen-bond donors (Lipinski definition) is 4. The second-order valence-corrected chi connectivity index (χ2v) is 3.73. The molecule has 0 aromatic heterocycles. The molecule has 0 rings (SSSR count). The quantitative estimate of drug-likeness (QED) is 0.313. The molecule has 0 aliphatic rings. The van der Waals surface area contributed by atoms with Crippen molar-refractivity contribution in [3.8, 4) is 0 Å². The molecule has 0 bridgehead atoms. The van der Waals surface area contributed by atoms with E-state index in [2.05, 4.69) is 13.8 Å². The SMILES string of the molecule is CCCCCCCC(C)N.N=CCN.O=CO. The van der Waals surface area contributed by atoms with E-state index in [9.17, 15) is 0 Å². The minimum absolute atomic E-state index is 0.250. The molecule has 0 aromatic carbocycles. The summed E-state index contributed by atoms with van der Waals surface area (Å²) in [5.41, 5.74) is 10.4. The van der Waals surface area contributed by atoms with Crippen molar-refractivity contribution in [2.45, 2.75) is 58.4 Å². The Morgan fingerprint density at radius 2 is 1.71 bits per heavy atom. The first-order valence-corrected chi connectivity index (χ1v) is 6.13. The van der Waals surface area contributed by atoms with E-state index in [4.69, 9.17) is 26.8 Å². The van der Waals surface area contributed by atoms with E-state index < -0.39 is 0 Å². The molecule has 0 saturated carbocycles. The fraction of sp³-hybridized carbons (Fsp3) is 0.833. The topological polar surface area (TPSA) is 113 Å². The molecule has 17 heavy (non-hydrogen) atoms. The maximum Gasteiger partial charge on any atom is 0.290 e. The van der Waals surface area contributed by atoms with Crippen molar-refractivity contribution in [2.24, 2.45) is 11.5 Å². The summed E-state index contributed by atoms with van der Waals surface area (Å²) in [6, 6.07) is 0.404. The van der Waals surface area contributed by atoms with Crippen LogP contribution in [0.25, 0.3) is 0 Å². The zero-order valence-electron chi connectivity index (χ0n) is 11.2. The van der Waals surface area contributed by atoms with Crippen LogP contribution in [-0.2, 0) is 4.79 Å². The first-order chi connectivity index (χ1) is 8.10. The van der Waals surface area contributed by atoms with Gasteiger partial charge < -0.3 is 22.0 Å². The van der Waals surface area contributed by atoms with Gasteiger partial charge in [-0.25, -0.2) is 0 Å². The highest BCUT2D eigenvalue weighted by molar-refractivity contribution is 5.54. The lowest BCUT2D eigenvalue weighted by Gasteiger charge is -2.02. The third-order valence-electron chi connectivity index (χ3n) is 1.88. The van der Waals surface area contributed by atoms with Gasteiger partial charge in [-0.1, -0.05) is 39.0 Å². The van der Waals surface area contributed by atoms with Crippen LogP contribution in [0.15, 0.2) is 0 Å². The van der Waals surface area contributed by atoms with Crippen LogP contribution in [0.3, 0.4) is 0 Å². The Morgan fingerprint density at radius 3 is 2.00 bits per heavy atom. The van der Waals surface area contributed by atoms with Gasteiger partial charge in [-0.3, -0.25) is 4.79 Å². The fourth-order valence-electron chi connectivity index (χ4n) is 1.07. The molecule has 5 heteroatoms. The van der Waals surface area contributed by atoms with Crippen LogP contribution in [-0.4, -0.2) is 30.4 Å². The van der Waals surface area contributed by atoms with Crippen molar-refractivity contribution >= 4 is 12.7 Å². The van der Waals surface area contributed by atoms with Crippen LogP contribution in [0.2, 0.25) is 0 Å². The van der Waals surface area contributed by atoms with E-state index in [-0.39, 0.29) is 6.47 Å². The molecule has 0 aliphatic heterocycles. The van der Waals surface area contributed by atoms with Gasteiger partial charge in [0.1, 0.15) is 0 Å². The zero-order chi connectivity index (χ0) is 13.9. The number of nitrogens with two attached hydrogens (primary N) is 2. The molecule has 0 saturated heterocycles. The lowest BCUT2D eigenvalue weighted by Crippen LogP contribution is -2.13. The lowest BCUT2D eigenvalue weighted by atomic mass is 10.1. The summed E-state index contributed by atoms with van der Waals surface area (Å²) < 4.78 is 0. The fourth-order valence-corrected chi connectivity index (χ4v) is 1.07. The summed E-state index contributed by atoms with van der Waals surface area (Å²) in [6.07, 6.45) is 9.15. The first-order valence-electron chi connectivity index (χ1n) is 6.13. The summed E-state index contributed by atoms with van der Waals surface area (Å²) in [4.78, 5) is 8.36. The molecule has 6 N–H and O–H groups in total. The van der Waals surface area contributed by atoms with Crippen LogP contribution >= 0.6 is 0 Å². The molecular weight excluding hydrogens is 218 g/mol. The van der Waals surface area contributed by atoms with E-state index in [1.165, 1.54) is 38.5 Å². The maximum atomic E-state index is 8.36.